The average Bonchev–Trinajstić information content (AvgIpc) is 1.64. The molecule has 135 heavy (non-hydrogen) atoms. The van der Waals surface area contributed by atoms with Crippen LogP contribution in [0.25, 0.3) is 0 Å². The minimum Gasteiger partial charge on any atom is -0.508 e. The highest BCUT2D eigenvalue weighted by molar-refractivity contribution is 6.12. The van der Waals surface area contributed by atoms with Gasteiger partial charge in [0.25, 0.3) is 40.3 Å². The molecule has 0 saturated carbocycles. The summed E-state index contributed by atoms with van der Waals surface area (Å²) in [6.07, 6.45) is 4.57. The van der Waals surface area contributed by atoms with Gasteiger partial charge < -0.3 is 59.6 Å². The molecule has 0 saturated heterocycles. The number of aromatic hydroxyl groups is 2. The number of amides is 2. The summed E-state index contributed by atoms with van der Waals surface area (Å²) in [5.41, 5.74) is 19.2. The molecule has 2 aliphatic rings. The van der Waals surface area contributed by atoms with Crippen LogP contribution in [-0.2, 0) is 26.1 Å². The molecule has 0 bridgehead atoms. The third-order valence-corrected chi connectivity index (χ3v) is 21.1. The monoisotopic (exact) mass is 1840 g/mol. The van der Waals surface area contributed by atoms with Crippen LogP contribution in [0.5, 0.6) is 40.2 Å². The number of aliphatic hydroxyl groups excluding tert-OH is 2. The summed E-state index contributed by atoms with van der Waals surface area (Å²) in [6.45, 7) is 16.4. The zero-order valence-corrected chi connectivity index (χ0v) is 75.5. The van der Waals surface area contributed by atoms with Gasteiger partial charge >= 0.3 is 0 Å². The fourth-order valence-electron chi connectivity index (χ4n) is 13.8. The highest BCUT2D eigenvalue weighted by Crippen LogP contribution is 2.40. The molecule has 0 unspecified atom stereocenters. The van der Waals surface area contributed by atoms with E-state index in [2.05, 4.69) is 0 Å². The standard InChI is InChI=1S/C18H18N2O5.C18H20N2O3.C15H13NO4.C15H14O2.C9H9NO4.C9H9NO3.C8H7NO4.C8H8O2/c1-11-7-16(20(23)24)14(9-17(11)25-2)18(22)19-13(10-21)8-12-5-3-4-6-15(12)19;1-11-7-15(19)14(9-17(11)23-2)18(22)20-13(10-21)8-12-5-3-4-6-16(12)20;1-11-7-13(9-17)14(16(18)19)8-15(11)20-10-12-5-3-2-4-6-12;1-12-9-14(10-16)7-8-15(12)17-11-13-5-3-2-4-6-13;1-6-3-8(10(12)13)7(5-11)4-9(6)14-2;1-6-3-8(5-11)9(10(12)13)4-7(6)2;1-5-2-6(4-10)7(9(12)13)3-8(5)11;1-6-4-7(5-9)2-3-8(6)10/h3-7,9,13,21H,8,10H2,1-2H3;3-7,9,13,21H,8,10,19H2,1-2H3;2-9H,10H2,1H3;2-10H,11H2,1H3;3-5H,1-2H3;3-5H,1-2H3;2-4,11H,1H3;2-5,10H,1H3/t2*13-;;;;;;/m00....../s1. The first-order valence-corrected chi connectivity index (χ1v) is 41.0. The van der Waals surface area contributed by atoms with E-state index in [1.54, 1.807) is 96.0 Å². The summed E-state index contributed by atoms with van der Waals surface area (Å²) in [5, 5.41) is 91.3. The third-order valence-electron chi connectivity index (χ3n) is 21.1. The molecule has 2 amide bonds. The van der Waals surface area contributed by atoms with Gasteiger partial charge in [-0.15, -0.1) is 0 Å². The molecule has 6 N–H and O–H groups in total. The first-order chi connectivity index (χ1) is 64.4. The van der Waals surface area contributed by atoms with Crippen LogP contribution < -0.4 is 39.2 Å². The van der Waals surface area contributed by atoms with Crippen LogP contribution in [0.2, 0.25) is 0 Å². The van der Waals surface area contributed by atoms with Gasteiger partial charge in [0, 0.05) is 52.5 Å². The maximum atomic E-state index is 13.1. The molecule has 12 aromatic rings. The second-order valence-electron chi connectivity index (χ2n) is 30.3. The highest BCUT2D eigenvalue weighted by atomic mass is 16.6. The van der Waals surface area contributed by atoms with E-state index in [4.69, 9.17) is 39.6 Å². The number of aryl methyl sites for hydroxylation is 9. The Bertz CT molecular complexity index is 6300. The number of benzene rings is 12. The number of phenols is 2. The predicted octanol–water partition coefficient (Wildman–Crippen LogP) is 18.0. The van der Waals surface area contributed by atoms with Gasteiger partial charge in [-0.1, -0.05) is 97.1 Å². The Morgan fingerprint density at radius 3 is 1.12 bits per heavy atom. The number of carbonyl (C=O) groups excluding carboxylic acids is 8. The number of anilines is 3. The van der Waals surface area contributed by atoms with Crippen molar-refractivity contribution in [2.45, 2.75) is 100 Å². The molecule has 2 heterocycles. The number of aliphatic hydroxyl groups is 2. The lowest BCUT2D eigenvalue weighted by atomic mass is 10.1. The molecule has 0 aliphatic carbocycles. The highest BCUT2D eigenvalue weighted by Gasteiger charge is 2.38. The van der Waals surface area contributed by atoms with E-state index in [0.717, 1.165) is 80.1 Å². The number of nitro groups is 5. The van der Waals surface area contributed by atoms with Gasteiger partial charge in [0.15, 0.2) is 25.1 Å². The summed E-state index contributed by atoms with van der Waals surface area (Å²) in [6, 6.07) is 60.7. The molecule has 35 heteroatoms. The smallest absolute Gasteiger partial charge is 0.283 e. The molecule has 35 nitrogen and oxygen atoms in total. The van der Waals surface area contributed by atoms with Gasteiger partial charge in [-0.3, -0.25) is 88.9 Å². The van der Waals surface area contributed by atoms with Gasteiger partial charge in [-0.2, -0.15) is 0 Å². The quantitative estimate of drug-likeness (QED) is 0.0162. The van der Waals surface area contributed by atoms with E-state index in [0.29, 0.717) is 125 Å². The van der Waals surface area contributed by atoms with Gasteiger partial charge in [0.05, 0.1) is 111 Å². The second-order valence-corrected chi connectivity index (χ2v) is 30.3. The van der Waals surface area contributed by atoms with Crippen molar-refractivity contribution in [1.29, 1.82) is 0 Å². The number of para-hydroxylation sites is 2. The summed E-state index contributed by atoms with van der Waals surface area (Å²) in [5.74, 6) is 2.03. The lowest BCUT2D eigenvalue weighted by Crippen LogP contribution is -2.40. The first-order valence-electron chi connectivity index (χ1n) is 41.0. The zero-order chi connectivity index (χ0) is 99.6. The van der Waals surface area contributed by atoms with Crippen molar-refractivity contribution in [2.24, 2.45) is 0 Å². The van der Waals surface area contributed by atoms with Crippen molar-refractivity contribution in [2.75, 3.05) is 50.1 Å². The van der Waals surface area contributed by atoms with Crippen LogP contribution >= 0.6 is 0 Å². The Morgan fingerprint density at radius 2 is 0.689 bits per heavy atom. The Hall–Kier alpha value is -17.1. The summed E-state index contributed by atoms with van der Waals surface area (Å²) in [4.78, 5) is 143. The number of nitrogens with zero attached hydrogens (tertiary/aromatic N) is 7. The maximum Gasteiger partial charge on any atom is 0.283 e. The maximum absolute atomic E-state index is 13.1. The number of methoxy groups -OCH3 is 3. The van der Waals surface area contributed by atoms with E-state index in [9.17, 15) is 99.1 Å². The van der Waals surface area contributed by atoms with E-state index < -0.39 is 36.6 Å². The number of carbonyl (C=O) groups is 8. The van der Waals surface area contributed by atoms with Crippen molar-refractivity contribution in [3.05, 3.63) is 386 Å². The molecule has 0 fully saturated rings. The number of aldehydes is 6. The Kier molecular flexibility index (Phi) is 39.0. The molecule has 0 spiro atoms. The Labute approximate surface area is 774 Å². The lowest BCUT2D eigenvalue weighted by molar-refractivity contribution is -0.385. The molecule has 0 aromatic heterocycles. The van der Waals surface area contributed by atoms with Crippen LogP contribution in [0.15, 0.2) is 218 Å². The third kappa shape index (κ3) is 28.0. The molecule has 2 aliphatic heterocycles. The van der Waals surface area contributed by atoms with Crippen LogP contribution in [-0.4, -0.2) is 141 Å². The van der Waals surface area contributed by atoms with Gasteiger partial charge in [-0.25, -0.2) is 0 Å². The normalized spacial score (nSPS) is 12.0. The fourth-order valence-corrected chi connectivity index (χ4v) is 13.8. The van der Waals surface area contributed by atoms with Gasteiger partial charge in [0.2, 0.25) is 0 Å². The zero-order valence-electron chi connectivity index (χ0n) is 75.5. The van der Waals surface area contributed by atoms with E-state index >= 15 is 0 Å². The predicted molar refractivity (Wildman–Crippen MR) is 504 cm³/mol. The first kappa shape index (κ1) is 105. The molecular weight excluding hydrogens is 1750 g/mol. The summed E-state index contributed by atoms with van der Waals surface area (Å²) in [7, 11) is 4.46. The number of nitrogen functional groups attached to an aromatic ring is 1. The number of ether oxygens (including phenoxy) is 5. The molecule has 14 rings (SSSR count). The Morgan fingerprint density at radius 1 is 0.356 bits per heavy atom. The Balaban J connectivity index is 0.000000214. The minimum atomic E-state index is -0.705. The van der Waals surface area contributed by atoms with Crippen LogP contribution in [0.4, 0.5) is 45.5 Å². The number of nitrogens with two attached hydrogens (primary N) is 1. The number of rotatable bonds is 24. The number of hydrogen-bond donors (Lipinski definition) is 5. The topological polar surface area (TPSA) is 512 Å². The fraction of sp³-hybridized carbons (Fsp3) is 0.200. The SMILES string of the molecule is COc1cc(C(=O)N2c3ccccc3C[C@H]2CO)c(N)cc1C.COc1cc(C(=O)N2c3ccccc3C[C@H]2CO)c([N+](=O)[O-])cc1C.COc1cc(C=O)c([N+](=O)[O-])cc1C.Cc1cc(C=O)c([N+](=O)[O-])cc1C.Cc1cc(C=O)c([N+](=O)[O-])cc1O.Cc1cc(C=O)c([N+](=O)[O-])cc1OCc1ccccc1.Cc1cc(C=O)ccc1O.Cc1cc(C=O)ccc1OCc1ccccc1. The van der Waals surface area contributed by atoms with Crippen LogP contribution in [0.1, 0.15) is 155 Å². The van der Waals surface area contributed by atoms with Crippen molar-refractivity contribution in [3.8, 4) is 40.2 Å². The van der Waals surface area contributed by atoms with Gasteiger partial charge in [0.1, 0.15) is 71.6 Å². The van der Waals surface area contributed by atoms with Crippen molar-refractivity contribution in [3.63, 3.8) is 0 Å². The molecule has 700 valence electrons. The number of hydrogen-bond acceptors (Lipinski definition) is 28. The molecule has 2 atom stereocenters. The number of nitro benzene ring substituents is 5. The van der Waals surface area contributed by atoms with E-state index in [-0.39, 0.29) is 92.9 Å². The van der Waals surface area contributed by atoms with Crippen LogP contribution in [0, 0.1) is 113 Å². The van der Waals surface area contributed by atoms with Crippen molar-refractivity contribution >= 4 is 95.0 Å². The molecule has 12 aromatic carbocycles. The summed E-state index contributed by atoms with van der Waals surface area (Å²) < 4.78 is 26.8. The number of fused-ring (bicyclic) bond motifs is 2. The summed E-state index contributed by atoms with van der Waals surface area (Å²) >= 11 is 0. The lowest BCUT2D eigenvalue weighted by Gasteiger charge is -2.25. The minimum absolute atomic E-state index is 0.0254. The average molecular weight is 1840 g/mol. The number of phenolic OH excluding ortho intramolecular Hbond substituents is 2. The molecular formula is C100H98N8O27. The van der Waals surface area contributed by atoms with Crippen LogP contribution in [0.3, 0.4) is 0 Å². The molecule has 0 radical (unpaired) electrons. The van der Waals surface area contributed by atoms with Crippen molar-refractivity contribution < 1.29 is 107 Å². The van der Waals surface area contributed by atoms with E-state index in [1.165, 1.54) is 79.8 Å². The largest absolute Gasteiger partial charge is 0.508 e. The van der Waals surface area contributed by atoms with Crippen molar-refractivity contribution in [1.82, 2.24) is 0 Å². The van der Waals surface area contributed by atoms with Gasteiger partial charge in [-0.05, 0) is 232 Å². The second kappa shape index (κ2) is 50.2. The van der Waals surface area contributed by atoms with E-state index in [1.807, 2.05) is 130 Å².